The van der Waals surface area contributed by atoms with Gasteiger partial charge in [0.15, 0.2) is 0 Å². The smallest absolute Gasteiger partial charge is 0.237 e. The van der Waals surface area contributed by atoms with Crippen LogP contribution in [0.15, 0.2) is 36.4 Å². The molecule has 2 aromatic carbocycles. The Labute approximate surface area is 145 Å². The number of amides is 1. The van der Waals surface area contributed by atoms with E-state index >= 15 is 0 Å². The Hall–Kier alpha value is -1.52. The molecule has 1 amide bonds. The van der Waals surface area contributed by atoms with Crippen molar-refractivity contribution in [3.05, 3.63) is 63.9 Å². The van der Waals surface area contributed by atoms with Crippen LogP contribution in [0.2, 0.25) is 5.02 Å². The van der Waals surface area contributed by atoms with Crippen LogP contribution in [0.3, 0.4) is 0 Å². The van der Waals surface area contributed by atoms with Crippen LogP contribution in [0.5, 0.6) is 0 Å². The van der Waals surface area contributed by atoms with Gasteiger partial charge in [-0.1, -0.05) is 29.8 Å². The number of carbonyl (C=O) groups is 1. The Balaban J connectivity index is 1.96. The molecule has 2 aromatic rings. The minimum atomic E-state index is -0.357. The normalized spacial score (nSPS) is 12.0. The van der Waals surface area contributed by atoms with Gasteiger partial charge < -0.3 is 5.32 Å². The molecule has 0 saturated heterocycles. The van der Waals surface area contributed by atoms with Crippen molar-refractivity contribution in [2.24, 2.45) is 0 Å². The number of benzene rings is 2. The van der Waals surface area contributed by atoms with E-state index in [1.165, 1.54) is 23.9 Å². The Kier molecular flexibility index (Phi) is 6.08. The number of thioether (sulfide) groups is 1. The molecule has 0 saturated carbocycles. The van der Waals surface area contributed by atoms with E-state index in [9.17, 15) is 9.18 Å². The molecule has 5 heteroatoms. The van der Waals surface area contributed by atoms with Gasteiger partial charge in [-0.05, 0) is 55.7 Å². The topological polar surface area (TPSA) is 29.1 Å². The maximum atomic E-state index is 13.0. The first kappa shape index (κ1) is 17.8. The predicted molar refractivity (Wildman–Crippen MR) is 96.7 cm³/mol. The second kappa shape index (κ2) is 7.84. The lowest BCUT2D eigenvalue weighted by molar-refractivity contribution is -0.115. The molecule has 0 spiro atoms. The van der Waals surface area contributed by atoms with Gasteiger partial charge in [-0.15, -0.1) is 11.8 Å². The molecule has 1 atom stereocenters. The van der Waals surface area contributed by atoms with Gasteiger partial charge in [-0.25, -0.2) is 4.39 Å². The second-order valence-electron chi connectivity index (χ2n) is 5.50. The molecule has 0 bridgehead atoms. The van der Waals surface area contributed by atoms with Crippen LogP contribution in [-0.4, -0.2) is 11.2 Å². The average molecular weight is 352 g/mol. The summed E-state index contributed by atoms with van der Waals surface area (Å²) in [5.41, 5.74) is 3.79. The number of hydrogen-bond donors (Lipinski definition) is 1. The van der Waals surface area contributed by atoms with Crippen molar-refractivity contribution in [1.82, 2.24) is 0 Å². The summed E-state index contributed by atoms with van der Waals surface area (Å²) >= 11 is 7.47. The van der Waals surface area contributed by atoms with E-state index in [2.05, 4.69) is 5.32 Å². The largest absolute Gasteiger partial charge is 0.325 e. The minimum absolute atomic E-state index is 0.0538. The number of anilines is 1. The predicted octanol–water partition coefficient (Wildman–Crippen LogP) is 5.36. The van der Waals surface area contributed by atoms with Crippen LogP contribution >= 0.6 is 23.4 Å². The Bertz CT molecular complexity index is 720. The van der Waals surface area contributed by atoms with Gasteiger partial charge >= 0.3 is 0 Å². The van der Waals surface area contributed by atoms with Crippen LogP contribution in [0.4, 0.5) is 10.1 Å². The van der Waals surface area contributed by atoms with Crippen molar-refractivity contribution >= 4 is 35.0 Å². The zero-order chi connectivity index (χ0) is 17.0. The number of hydrogen-bond acceptors (Lipinski definition) is 2. The Morgan fingerprint density at radius 2 is 2.00 bits per heavy atom. The van der Waals surface area contributed by atoms with Gasteiger partial charge in [0, 0.05) is 16.5 Å². The molecule has 0 aliphatic carbocycles. The van der Waals surface area contributed by atoms with Crippen LogP contribution in [-0.2, 0) is 10.5 Å². The number of aryl methyl sites for hydroxylation is 2. The number of rotatable bonds is 5. The molecular weight excluding hydrogens is 333 g/mol. The van der Waals surface area contributed by atoms with Gasteiger partial charge in [-0.2, -0.15) is 0 Å². The van der Waals surface area contributed by atoms with E-state index in [4.69, 9.17) is 11.6 Å². The van der Waals surface area contributed by atoms with Crippen LogP contribution in [0.25, 0.3) is 0 Å². The van der Waals surface area contributed by atoms with E-state index in [1.54, 1.807) is 6.07 Å². The fraction of sp³-hybridized carbons (Fsp3) is 0.278. The SMILES string of the molecule is Cc1ccc(C)c(NC(=O)C(C)SCc2ccc(F)cc2Cl)c1. The van der Waals surface area contributed by atoms with Gasteiger partial charge in [-0.3, -0.25) is 4.79 Å². The molecule has 0 radical (unpaired) electrons. The van der Waals surface area contributed by atoms with Gasteiger partial charge in [0.05, 0.1) is 5.25 Å². The molecule has 0 fully saturated rings. The zero-order valence-corrected chi connectivity index (χ0v) is 14.9. The Morgan fingerprint density at radius 3 is 2.70 bits per heavy atom. The van der Waals surface area contributed by atoms with E-state index in [-0.39, 0.29) is 17.0 Å². The lowest BCUT2D eigenvalue weighted by Crippen LogP contribution is -2.23. The van der Waals surface area contributed by atoms with Crippen LogP contribution in [0, 0.1) is 19.7 Å². The fourth-order valence-electron chi connectivity index (χ4n) is 2.03. The van der Waals surface area contributed by atoms with Crippen molar-refractivity contribution in [3.8, 4) is 0 Å². The molecule has 122 valence electrons. The second-order valence-corrected chi connectivity index (χ2v) is 7.23. The highest BCUT2D eigenvalue weighted by molar-refractivity contribution is 7.99. The molecule has 2 rings (SSSR count). The van der Waals surface area contributed by atoms with Gasteiger partial charge in [0.2, 0.25) is 5.91 Å². The van der Waals surface area contributed by atoms with E-state index in [0.29, 0.717) is 10.8 Å². The first-order valence-corrected chi connectivity index (χ1v) is 8.73. The summed E-state index contributed by atoms with van der Waals surface area (Å²) in [4.78, 5) is 12.3. The summed E-state index contributed by atoms with van der Waals surface area (Å²) in [5.74, 6) is 0.145. The monoisotopic (exact) mass is 351 g/mol. The fourth-order valence-corrected chi connectivity index (χ4v) is 3.24. The first-order valence-electron chi connectivity index (χ1n) is 7.30. The number of halogens is 2. The van der Waals surface area contributed by atoms with E-state index in [0.717, 1.165) is 22.4 Å². The average Bonchev–Trinajstić information content (AvgIpc) is 2.49. The Morgan fingerprint density at radius 1 is 1.26 bits per heavy atom. The van der Waals surface area contributed by atoms with Crippen molar-refractivity contribution in [1.29, 1.82) is 0 Å². The zero-order valence-electron chi connectivity index (χ0n) is 13.3. The summed E-state index contributed by atoms with van der Waals surface area (Å²) in [6.45, 7) is 5.80. The van der Waals surface area contributed by atoms with E-state index in [1.807, 2.05) is 39.0 Å². The molecule has 0 aliphatic heterocycles. The lowest BCUT2D eigenvalue weighted by Gasteiger charge is -2.14. The molecule has 1 N–H and O–H groups in total. The molecule has 2 nitrogen and oxygen atoms in total. The maximum absolute atomic E-state index is 13.0. The highest BCUT2D eigenvalue weighted by atomic mass is 35.5. The van der Waals surface area contributed by atoms with Crippen molar-refractivity contribution in [2.75, 3.05) is 5.32 Å². The van der Waals surface area contributed by atoms with Gasteiger partial charge in [0.1, 0.15) is 5.82 Å². The third-order valence-corrected chi connectivity index (χ3v) is 5.07. The van der Waals surface area contributed by atoms with Crippen molar-refractivity contribution in [3.63, 3.8) is 0 Å². The molecule has 0 aliphatic rings. The minimum Gasteiger partial charge on any atom is -0.325 e. The van der Waals surface area contributed by atoms with Crippen molar-refractivity contribution in [2.45, 2.75) is 31.8 Å². The summed E-state index contributed by atoms with van der Waals surface area (Å²) in [5, 5.41) is 3.11. The van der Waals surface area contributed by atoms with Crippen LogP contribution < -0.4 is 5.32 Å². The third-order valence-electron chi connectivity index (χ3n) is 3.52. The van der Waals surface area contributed by atoms with Gasteiger partial charge in [0.25, 0.3) is 0 Å². The number of nitrogens with one attached hydrogen (secondary N) is 1. The van der Waals surface area contributed by atoms with E-state index < -0.39 is 0 Å². The molecule has 0 heterocycles. The summed E-state index contributed by atoms with van der Waals surface area (Å²) < 4.78 is 13.0. The molecule has 1 unspecified atom stereocenters. The van der Waals surface area contributed by atoms with Crippen LogP contribution in [0.1, 0.15) is 23.6 Å². The summed E-state index contributed by atoms with van der Waals surface area (Å²) in [7, 11) is 0. The number of carbonyl (C=O) groups excluding carboxylic acids is 1. The highest BCUT2D eigenvalue weighted by Crippen LogP contribution is 2.25. The highest BCUT2D eigenvalue weighted by Gasteiger charge is 2.15. The summed E-state index contributed by atoms with van der Waals surface area (Å²) in [6, 6.07) is 10.3. The quantitative estimate of drug-likeness (QED) is 0.786. The molecule has 23 heavy (non-hydrogen) atoms. The first-order chi connectivity index (χ1) is 10.9. The van der Waals surface area contributed by atoms with Crippen molar-refractivity contribution < 1.29 is 9.18 Å². The lowest BCUT2D eigenvalue weighted by atomic mass is 10.1. The molecular formula is C18H19ClFNOS. The summed E-state index contributed by atoms with van der Waals surface area (Å²) in [6.07, 6.45) is 0. The third kappa shape index (κ3) is 4.98. The maximum Gasteiger partial charge on any atom is 0.237 e. The standard InChI is InChI=1S/C18H19ClFNOS/c1-11-4-5-12(2)17(8-11)21-18(22)13(3)23-10-14-6-7-15(20)9-16(14)19/h4-9,13H,10H2,1-3H3,(H,21,22). The molecule has 0 aromatic heterocycles.